The molecule has 25 heavy (non-hydrogen) atoms. The SMILES string of the molecule is O=C(c1cccc(Cl)c1)N1CCN(C(=O)C2CC(C3CC3)NN2)CC1. The molecule has 1 aromatic carbocycles. The lowest BCUT2D eigenvalue weighted by Gasteiger charge is -2.36. The van der Waals surface area contributed by atoms with Crippen LogP contribution in [0.15, 0.2) is 24.3 Å². The fourth-order valence-corrected chi connectivity index (χ4v) is 3.90. The molecule has 134 valence electrons. The minimum Gasteiger partial charge on any atom is -0.338 e. The molecule has 2 heterocycles. The molecule has 2 atom stereocenters. The molecule has 0 radical (unpaired) electrons. The minimum atomic E-state index is -0.138. The van der Waals surface area contributed by atoms with Crippen molar-refractivity contribution < 1.29 is 9.59 Å². The van der Waals surface area contributed by atoms with Crippen LogP contribution < -0.4 is 10.9 Å². The number of piperazine rings is 1. The molecule has 2 unspecified atom stereocenters. The number of hydrogen-bond donors (Lipinski definition) is 2. The van der Waals surface area contributed by atoms with Crippen LogP contribution in [-0.4, -0.2) is 59.9 Å². The second-order valence-electron chi connectivity index (χ2n) is 7.15. The van der Waals surface area contributed by atoms with Gasteiger partial charge in [-0.15, -0.1) is 0 Å². The van der Waals surface area contributed by atoms with E-state index in [-0.39, 0.29) is 17.9 Å². The number of rotatable bonds is 3. The summed E-state index contributed by atoms with van der Waals surface area (Å²) >= 11 is 5.97. The minimum absolute atomic E-state index is 0.0240. The van der Waals surface area contributed by atoms with Crippen LogP contribution in [-0.2, 0) is 4.79 Å². The van der Waals surface area contributed by atoms with Crippen LogP contribution in [0.25, 0.3) is 0 Å². The van der Waals surface area contributed by atoms with Crippen LogP contribution in [0, 0.1) is 5.92 Å². The maximum atomic E-state index is 12.7. The van der Waals surface area contributed by atoms with Crippen molar-refractivity contribution in [1.29, 1.82) is 0 Å². The molecule has 2 amide bonds. The average molecular weight is 363 g/mol. The Labute approximate surface area is 152 Å². The highest BCUT2D eigenvalue weighted by Crippen LogP contribution is 2.35. The van der Waals surface area contributed by atoms with E-state index < -0.39 is 0 Å². The van der Waals surface area contributed by atoms with Gasteiger partial charge in [-0.2, -0.15) is 0 Å². The van der Waals surface area contributed by atoms with Gasteiger partial charge in [-0.05, 0) is 43.4 Å². The van der Waals surface area contributed by atoms with Crippen molar-refractivity contribution in [3.8, 4) is 0 Å². The third-order valence-electron chi connectivity index (χ3n) is 5.37. The van der Waals surface area contributed by atoms with Crippen LogP contribution in [0.1, 0.15) is 29.6 Å². The Hall–Kier alpha value is -1.63. The van der Waals surface area contributed by atoms with E-state index in [0.29, 0.717) is 42.8 Å². The number of halogens is 1. The molecule has 0 aromatic heterocycles. The molecule has 2 saturated heterocycles. The fourth-order valence-electron chi connectivity index (χ4n) is 3.71. The molecule has 1 saturated carbocycles. The molecule has 6 nitrogen and oxygen atoms in total. The number of hydrazine groups is 1. The number of nitrogens with zero attached hydrogens (tertiary/aromatic N) is 2. The van der Waals surface area contributed by atoms with Gasteiger partial charge in [0.15, 0.2) is 0 Å². The smallest absolute Gasteiger partial charge is 0.254 e. The molecule has 2 aliphatic heterocycles. The molecule has 2 N–H and O–H groups in total. The van der Waals surface area contributed by atoms with E-state index in [1.807, 2.05) is 4.90 Å². The van der Waals surface area contributed by atoms with Gasteiger partial charge in [-0.1, -0.05) is 17.7 Å². The molecule has 0 bridgehead atoms. The van der Waals surface area contributed by atoms with E-state index in [4.69, 9.17) is 11.6 Å². The maximum absolute atomic E-state index is 12.7. The van der Waals surface area contributed by atoms with Gasteiger partial charge >= 0.3 is 0 Å². The van der Waals surface area contributed by atoms with Crippen molar-refractivity contribution in [1.82, 2.24) is 20.7 Å². The quantitative estimate of drug-likeness (QED) is 0.850. The van der Waals surface area contributed by atoms with Crippen molar-refractivity contribution in [2.75, 3.05) is 26.2 Å². The second-order valence-corrected chi connectivity index (χ2v) is 7.59. The summed E-state index contributed by atoms with van der Waals surface area (Å²) in [5.41, 5.74) is 7.02. The predicted molar refractivity (Wildman–Crippen MR) is 95.1 cm³/mol. The second kappa shape index (κ2) is 6.94. The van der Waals surface area contributed by atoms with Crippen LogP contribution in [0.5, 0.6) is 0 Å². The third-order valence-corrected chi connectivity index (χ3v) is 5.61. The van der Waals surface area contributed by atoms with Crippen molar-refractivity contribution >= 4 is 23.4 Å². The number of carbonyl (C=O) groups is 2. The highest BCUT2D eigenvalue weighted by Gasteiger charge is 2.40. The highest BCUT2D eigenvalue weighted by molar-refractivity contribution is 6.30. The summed E-state index contributed by atoms with van der Waals surface area (Å²) in [5, 5.41) is 0.560. The van der Waals surface area contributed by atoms with Gasteiger partial charge in [0, 0.05) is 42.8 Å². The summed E-state index contributed by atoms with van der Waals surface area (Å²) in [5.74, 6) is 0.854. The van der Waals surface area contributed by atoms with Crippen molar-refractivity contribution in [2.45, 2.75) is 31.3 Å². The van der Waals surface area contributed by atoms with Crippen LogP contribution in [0.3, 0.4) is 0 Å². The van der Waals surface area contributed by atoms with Gasteiger partial charge in [0.1, 0.15) is 6.04 Å². The maximum Gasteiger partial charge on any atom is 0.254 e. The summed E-state index contributed by atoms with van der Waals surface area (Å²) in [7, 11) is 0. The predicted octanol–water partition coefficient (Wildman–Crippen LogP) is 1.27. The first-order valence-corrected chi connectivity index (χ1v) is 9.34. The monoisotopic (exact) mass is 362 g/mol. The molecule has 0 spiro atoms. The van der Waals surface area contributed by atoms with E-state index in [0.717, 1.165) is 12.3 Å². The normalized spacial score (nSPS) is 26.8. The lowest BCUT2D eigenvalue weighted by Crippen LogP contribution is -2.54. The van der Waals surface area contributed by atoms with Gasteiger partial charge in [-0.3, -0.25) is 15.0 Å². The summed E-state index contributed by atoms with van der Waals surface area (Å²) in [6.45, 7) is 2.28. The topological polar surface area (TPSA) is 64.7 Å². The van der Waals surface area contributed by atoms with Crippen LogP contribution >= 0.6 is 11.6 Å². The lowest BCUT2D eigenvalue weighted by atomic mass is 10.1. The number of hydrogen-bond acceptors (Lipinski definition) is 4. The largest absolute Gasteiger partial charge is 0.338 e. The van der Waals surface area contributed by atoms with E-state index in [1.165, 1.54) is 12.8 Å². The molecule has 1 aromatic rings. The van der Waals surface area contributed by atoms with Gasteiger partial charge in [0.05, 0.1) is 0 Å². The molecule has 7 heteroatoms. The third kappa shape index (κ3) is 3.66. The molecular weight excluding hydrogens is 340 g/mol. The van der Waals surface area contributed by atoms with E-state index in [9.17, 15) is 9.59 Å². The molecule has 1 aliphatic carbocycles. The zero-order valence-corrected chi connectivity index (χ0v) is 14.8. The Balaban J connectivity index is 1.30. The van der Waals surface area contributed by atoms with Gasteiger partial charge in [-0.25, -0.2) is 5.43 Å². The number of nitrogens with one attached hydrogen (secondary N) is 2. The lowest BCUT2D eigenvalue weighted by molar-refractivity contribution is -0.134. The first-order valence-electron chi connectivity index (χ1n) is 8.96. The van der Waals surface area contributed by atoms with Crippen molar-refractivity contribution in [2.24, 2.45) is 5.92 Å². The zero-order valence-electron chi connectivity index (χ0n) is 14.1. The number of amides is 2. The van der Waals surface area contributed by atoms with Gasteiger partial charge < -0.3 is 9.80 Å². The first kappa shape index (κ1) is 16.8. The Morgan fingerprint density at radius 2 is 1.76 bits per heavy atom. The first-order chi connectivity index (χ1) is 12.1. The number of benzene rings is 1. The van der Waals surface area contributed by atoms with Gasteiger partial charge in [0.2, 0.25) is 5.91 Å². The van der Waals surface area contributed by atoms with Crippen molar-refractivity contribution in [3.05, 3.63) is 34.9 Å². The average Bonchev–Trinajstić information content (AvgIpc) is 3.37. The van der Waals surface area contributed by atoms with Crippen LogP contribution in [0.4, 0.5) is 0 Å². The van der Waals surface area contributed by atoms with Crippen molar-refractivity contribution in [3.63, 3.8) is 0 Å². The Morgan fingerprint density at radius 1 is 1.04 bits per heavy atom. The molecule has 4 rings (SSSR count). The molecule has 3 fully saturated rings. The summed E-state index contributed by atoms with van der Waals surface area (Å²) < 4.78 is 0. The standard InChI is InChI=1S/C18H23ClN4O2/c19-14-3-1-2-13(10-14)17(24)22-6-8-23(9-7-22)18(25)16-11-15(20-21-16)12-4-5-12/h1-3,10,12,15-16,20-21H,4-9,11H2. The van der Waals surface area contributed by atoms with E-state index >= 15 is 0 Å². The molecular formula is C18H23ClN4O2. The zero-order chi connectivity index (χ0) is 17.4. The molecule has 3 aliphatic rings. The van der Waals surface area contributed by atoms with E-state index in [2.05, 4.69) is 10.9 Å². The highest BCUT2D eigenvalue weighted by atomic mass is 35.5. The van der Waals surface area contributed by atoms with E-state index in [1.54, 1.807) is 29.2 Å². The Bertz CT molecular complexity index is 671. The Morgan fingerprint density at radius 3 is 2.44 bits per heavy atom. The number of carbonyl (C=O) groups excluding carboxylic acids is 2. The fraction of sp³-hybridized carbons (Fsp3) is 0.556. The summed E-state index contributed by atoms with van der Waals surface area (Å²) in [6, 6.07) is 7.29. The summed E-state index contributed by atoms with van der Waals surface area (Å²) in [4.78, 5) is 28.9. The van der Waals surface area contributed by atoms with Crippen LogP contribution in [0.2, 0.25) is 5.02 Å². The summed E-state index contributed by atoms with van der Waals surface area (Å²) in [6.07, 6.45) is 3.40. The van der Waals surface area contributed by atoms with Gasteiger partial charge in [0.25, 0.3) is 5.91 Å². The Kier molecular flexibility index (Phi) is 4.67.